The van der Waals surface area contributed by atoms with E-state index in [1.807, 2.05) is 38.1 Å². The minimum atomic E-state index is -0.545. The Morgan fingerprint density at radius 1 is 0.885 bits per heavy atom. The fourth-order valence-corrected chi connectivity index (χ4v) is 3.98. The van der Waals surface area contributed by atoms with Gasteiger partial charge in [-0.2, -0.15) is 0 Å². The summed E-state index contributed by atoms with van der Waals surface area (Å²) >= 11 is 0. The number of cyclic esters (lactones) is 2. The molecule has 1 saturated heterocycles. The van der Waals surface area contributed by atoms with Crippen LogP contribution in [0.25, 0.3) is 0 Å². The maximum absolute atomic E-state index is 12.1. The van der Waals surface area contributed by atoms with E-state index in [9.17, 15) is 9.59 Å². The van der Waals surface area contributed by atoms with Crippen molar-refractivity contribution in [3.8, 4) is 5.75 Å². The Hall–Kier alpha value is -2.04. The Kier molecular flexibility index (Phi) is 5.69. The van der Waals surface area contributed by atoms with Gasteiger partial charge in [0.1, 0.15) is 24.4 Å². The second kappa shape index (κ2) is 7.29. The summed E-state index contributed by atoms with van der Waals surface area (Å²) in [5, 5.41) is 0. The summed E-state index contributed by atoms with van der Waals surface area (Å²) in [5.74, 6) is -0.334. The van der Waals surface area contributed by atoms with Gasteiger partial charge in [-0.25, -0.2) is 0 Å². The van der Waals surface area contributed by atoms with Gasteiger partial charge < -0.3 is 14.2 Å². The molecule has 1 aliphatic rings. The lowest BCUT2D eigenvalue weighted by atomic mass is 9.58. The summed E-state index contributed by atoms with van der Waals surface area (Å²) in [6.07, 6.45) is -1.08. The van der Waals surface area contributed by atoms with Crippen LogP contribution in [0.2, 0.25) is 0 Å². The zero-order chi connectivity index (χ0) is 19.7. The van der Waals surface area contributed by atoms with Crippen LogP contribution in [0, 0.1) is 10.8 Å². The molecule has 0 amide bonds. The van der Waals surface area contributed by atoms with Gasteiger partial charge in [-0.15, -0.1) is 0 Å². The molecule has 5 nitrogen and oxygen atoms in total. The standard InChI is InChI=1S/C21H30O5/c1-13-20(3,4)19(15-8-10-16(24-7)11-9-15)21(5,6)14(2)26-18(23)12-17(22)25-13/h8-11,13-14,19H,12H2,1-7H3. The van der Waals surface area contributed by atoms with Crippen molar-refractivity contribution in [2.45, 2.75) is 66.1 Å². The molecule has 0 spiro atoms. The predicted molar refractivity (Wildman–Crippen MR) is 99.0 cm³/mol. The van der Waals surface area contributed by atoms with E-state index in [-0.39, 0.29) is 35.4 Å². The Bertz CT molecular complexity index is 625. The molecule has 1 fully saturated rings. The number of hydrogen-bond donors (Lipinski definition) is 0. The average molecular weight is 362 g/mol. The zero-order valence-electron chi connectivity index (χ0n) is 16.8. The van der Waals surface area contributed by atoms with E-state index in [4.69, 9.17) is 14.2 Å². The largest absolute Gasteiger partial charge is 0.497 e. The minimum Gasteiger partial charge on any atom is -0.497 e. The first kappa shape index (κ1) is 20.3. The molecule has 2 rings (SSSR count). The number of esters is 2. The van der Waals surface area contributed by atoms with Crippen LogP contribution in [-0.2, 0) is 19.1 Å². The molecule has 2 atom stereocenters. The van der Waals surface area contributed by atoms with E-state index in [2.05, 4.69) is 27.7 Å². The van der Waals surface area contributed by atoms with Crippen molar-refractivity contribution < 1.29 is 23.8 Å². The maximum atomic E-state index is 12.1. The molecular formula is C21H30O5. The quantitative estimate of drug-likeness (QED) is 0.585. The lowest BCUT2D eigenvalue weighted by molar-refractivity contribution is -0.174. The summed E-state index contributed by atoms with van der Waals surface area (Å²) in [5.41, 5.74) is 0.324. The van der Waals surface area contributed by atoms with Gasteiger partial charge >= 0.3 is 11.9 Å². The topological polar surface area (TPSA) is 61.8 Å². The van der Waals surface area contributed by atoms with Gasteiger partial charge in [0, 0.05) is 16.7 Å². The molecule has 0 saturated carbocycles. The van der Waals surface area contributed by atoms with Gasteiger partial charge in [0.15, 0.2) is 0 Å². The van der Waals surface area contributed by atoms with E-state index < -0.39 is 11.9 Å². The molecule has 2 unspecified atom stereocenters. The third kappa shape index (κ3) is 3.87. The fourth-order valence-electron chi connectivity index (χ4n) is 3.98. The highest BCUT2D eigenvalue weighted by molar-refractivity contribution is 5.91. The van der Waals surface area contributed by atoms with Gasteiger partial charge in [0.05, 0.1) is 7.11 Å². The van der Waals surface area contributed by atoms with Crippen LogP contribution < -0.4 is 4.74 Å². The van der Waals surface area contributed by atoms with Crippen LogP contribution in [0.3, 0.4) is 0 Å². The van der Waals surface area contributed by atoms with E-state index in [1.54, 1.807) is 7.11 Å². The van der Waals surface area contributed by atoms with E-state index in [0.29, 0.717) is 0 Å². The molecule has 0 N–H and O–H groups in total. The lowest BCUT2D eigenvalue weighted by Crippen LogP contribution is -2.48. The Morgan fingerprint density at radius 2 is 1.31 bits per heavy atom. The normalized spacial score (nSPS) is 28.7. The van der Waals surface area contributed by atoms with E-state index >= 15 is 0 Å². The third-order valence-electron chi connectivity index (χ3n) is 5.94. The van der Waals surface area contributed by atoms with Crippen molar-refractivity contribution in [3.05, 3.63) is 29.8 Å². The summed E-state index contributed by atoms with van der Waals surface area (Å²) in [7, 11) is 1.63. The van der Waals surface area contributed by atoms with Crippen molar-refractivity contribution in [2.75, 3.05) is 7.11 Å². The minimum absolute atomic E-state index is 0.0235. The van der Waals surface area contributed by atoms with E-state index in [0.717, 1.165) is 11.3 Å². The molecule has 1 aromatic carbocycles. The number of ether oxygens (including phenoxy) is 3. The predicted octanol–water partition coefficient (Wildman–Crippen LogP) is 4.10. The summed E-state index contributed by atoms with van der Waals surface area (Å²) in [6, 6.07) is 7.91. The highest BCUT2D eigenvalue weighted by Gasteiger charge is 2.50. The summed E-state index contributed by atoms with van der Waals surface area (Å²) in [6.45, 7) is 12.2. The smallest absolute Gasteiger partial charge is 0.317 e. The van der Waals surface area contributed by atoms with Crippen molar-refractivity contribution in [1.82, 2.24) is 0 Å². The zero-order valence-corrected chi connectivity index (χ0v) is 16.8. The number of methoxy groups -OCH3 is 1. The summed E-state index contributed by atoms with van der Waals surface area (Å²) < 4.78 is 16.4. The van der Waals surface area contributed by atoms with Crippen LogP contribution >= 0.6 is 0 Å². The van der Waals surface area contributed by atoms with Crippen LogP contribution in [-0.4, -0.2) is 31.3 Å². The molecule has 0 radical (unpaired) electrons. The van der Waals surface area contributed by atoms with Crippen LogP contribution in [0.15, 0.2) is 24.3 Å². The average Bonchev–Trinajstić information content (AvgIpc) is 2.53. The number of benzene rings is 1. The number of rotatable bonds is 2. The molecule has 5 heteroatoms. The Labute approximate surface area is 156 Å². The second-order valence-corrected chi connectivity index (χ2v) is 8.29. The lowest BCUT2D eigenvalue weighted by Gasteiger charge is -2.49. The van der Waals surface area contributed by atoms with Crippen molar-refractivity contribution >= 4 is 11.9 Å². The molecule has 144 valence electrons. The Balaban J connectivity index is 2.57. The third-order valence-corrected chi connectivity index (χ3v) is 5.94. The van der Waals surface area contributed by atoms with Gasteiger partial charge in [-0.3, -0.25) is 9.59 Å². The summed E-state index contributed by atoms with van der Waals surface area (Å²) in [4.78, 5) is 24.1. The number of carbonyl (C=O) groups excluding carboxylic acids is 2. The first-order valence-electron chi connectivity index (χ1n) is 9.03. The fraction of sp³-hybridized carbons (Fsp3) is 0.619. The molecule has 26 heavy (non-hydrogen) atoms. The number of carbonyl (C=O) groups is 2. The van der Waals surface area contributed by atoms with Crippen LogP contribution in [0.4, 0.5) is 0 Å². The first-order valence-corrected chi connectivity index (χ1v) is 9.03. The van der Waals surface area contributed by atoms with Crippen molar-refractivity contribution in [2.24, 2.45) is 10.8 Å². The molecule has 1 heterocycles. The van der Waals surface area contributed by atoms with Gasteiger partial charge in [0.2, 0.25) is 0 Å². The maximum Gasteiger partial charge on any atom is 0.317 e. The van der Waals surface area contributed by atoms with Gasteiger partial charge in [-0.05, 0) is 31.5 Å². The van der Waals surface area contributed by atoms with Crippen LogP contribution in [0.1, 0.15) is 59.4 Å². The first-order chi connectivity index (χ1) is 12.0. The second-order valence-electron chi connectivity index (χ2n) is 8.29. The van der Waals surface area contributed by atoms with Crippen LogP contribution in [0.5, 0.6) is 5.75 Å². The molecule has 0 aliphatic carbocycles. The van der Waals surface area contributed by atoms with E-state index in [1.165, 1.54) is 0 Å². The molecule has 0 aromatic heterocycles. The number of hydrogen-bond acceptors (Lipinski definition) is 5. The SMILES string of the molecule is COc1ccc(C2C(C)(C)C(C)OC(=O)CC(=O)OC(C)C2(C)C)cc1. The molecule has 0 bridgehead atoms. The van der Waals surface area contributed by atoms with Crippen molar-refractivity contribution in [1.29, 1.82) is 0 Å². The Morgan fingerprint density at radius 3 is 1.69 bits per heavy atom. The molecule has 1 aromatic rings. The van der Waals surface area contributed by atoms with Crippen molar-refractivity contribution in [3.63, 3.8) is 0 Å². The highest BCUT2D eigenvalue weighted by atomic mass is 16.6. The molecular weight excluding hydrogens is 332 g/mol. The van der Waals surface area contributed by atoms with Gasteiger partial charge in [0.25, 0.3) is 0 Å². The van der Waals surface area contributed by atoms with Gasteiger partial charge in [-0.1, -0.05) is 39.8 Å². The monoisotopic (exact) mass is 362 g/mol. The highest BCUT2D eigenvalue weighted by Crippen LogP contribution is 2.52. The molecule has 1 aliphatic heterocycles.